The highest BCUT2D eigenvalue weighted by molar-refractivity contribution is 5.07. The molecule has 3 heterocycles. The standard InChI is InChI=1S/C16H23N5O/c1-11(16-18-15(19-22-16)14-3-4-14)21-6-5-12(10-21)7-13-8-17-20(2)9-13/h8-9,11-12,14H,3-7,10H2,1-2H3/t11-,12+/m1/s1. The van der Waals surface area contributed by atoms with Crippen molar-refractivity contribution in [3.63, 3.8) is 0 Å². The van der Waals surface area contributed by atoms with E-state index in [1.165, 1.54) is 24.8 Å². The van der Waals surface area contributed by atoms with Gasteiger partial charge in [0, 0.05) is 25.7 Å². The third kappa shape index (κ3) is 2.79. The quantitative estimate of drug-likeness (QED) is 0.848. The number of aryl methyl sites for hydroxylation is 1. The van der Waals surface area contributed by atoms with Crippen LogP contribution in [0.5, 0.6) is 0 Å². The first kappa shape index (κ1) is 13.9. The van der Waals surface area contributed by atoms with Crippen LogP contribution in [0.2, 0.25) is 0 Å². The average Bonchev–Trinajstić information content (AvgIpc) is 2.92. The number of aromatic nitrogens is 4. The molecule has 1 saturated heterocycles. The van der Waals surface area contributed by atoms with Gasteiger partial charge < -0.3 is 4.52 Å². The molecule has 2 fully saturated rings. The van der Waals surface area contributed by atoms with E-state index < -0.39 is 0 Å². The summed E-state index contributed by atoms with van der Waals surface area (Å²) >= 11 is 0. The molecule has 1 aliphatic carbocycles. The van der Waals surface area contributed by atoms with Gasteiger partial charge in [0.15, 0.2) is 5.82 Å². The van der Waals surface area contributed by atoms with Crippen LogP contribution >= 0.6 is 0 Å². The lowest BCUT2D eigenvalue weighted by Crippen LogP contribution is -2.25. The molecule has 4 rings (SSSR count). The Bertz CT molecular complexity index is 645. The van der Waals surface area contributed by atoms with Gasteiger partial charge in [0.05, 0.1) is 12.2 Å². The Morgan fingerprint density at radius 1 is 1.36 bits per heavy atom. The second-order valence-electron chi connectivity index (χ2n) is 6.82. The Balaban J connectivity index is 1.36. The number of likely N-dealkylation sites (tertiary alicyclic amines) is 1. The smallest absolute Gasteiger partial charge is 0.243 e. The van der Waals surface area contributed by atoms with Crippen LogP contribution in [-0.4, -0.2) is 37.9 Å². The molecule has 0 bridgehead atoms. The summed E-state index contributed by atoms with van der Waals surface area (Å²) in [5.41, 5.74) is 1.33. The second kappa shape index (κ2) is 5.50. The van der Waals surface area contributed by atoms with Gasteiger partial charge in [-0.05, 0) is 50.6 Å². The van der Waals surface area contributed by atoms with Crippen LogP contribution < -0.4 is 0 Å². The zero-order valence-electron chi connectivity index (χ0n) is 13.3. The monoisotopic (exact) mass is 301 g/mol. The van der Waals surface area contributed by atoms with Gasteiger partial charge in [-0.3, -0.25) is 9.58 Å². The molecule has 1 aliphatic heterocycles. The number of hydrogen-bond donors (Lipinski definition) is 0. The highest BCUT2D eigenvalue weighted by Gasteiger charge is 2.33. The van der Waals surface area contributed by atoms with E-state index in [0.717, 1.165) is 31.2 Å². The van der Waals surface area contributed by atoms with Crippen molar-refractivity contribution in [1.82, 2.24) is 24.8 Å². The van der Waals surface area contributed by atoms with Crippen molar-refractivity contribution in [2.75, 3.05) is 13.1 Å². The van der Waals surface area contributed by atoms with Crippen molar-refractivity contribution in [1.29, 1.82) is 0 Å². The molecule has 0 N–H and O–H groups in total. The SMILES string of the molecule is C[C@H](c1nc(C2CC2)no1)N1CC[C@@H](Cc2cnn(C)c2)C1. The number of rotatable bonds is 5. The first-order valence-corrected chi connectivity index (χ1v) is 8.24. The van der Waals surface area contributed by atoms with Gasteiger partial charge in [-0.15, -0.1) is 0 Å². The van der Waals surface area contributed by atoms with Gasteiger partial charge in [0.25, 0.3) is 0 Å². The molecule has 2 atom stereocenters. The Morgan fingerprint density at radius 2 is 2.23 bits per heavy atom. The summed E-state index contributed by atoms with van der Waals surface area (Å²) in [5, 5.41) is 8.39. The molecule has 0 amide bonds. The van der Waals surface area contributed by atoms with Crippen molar-refractivity contribution in [2.24, 2.45) is 13.0 Å². The molecule has 6 nitrogen and oxygen atoms in total. The van der Waals surface area contributed by atoms with Crippen LogP contribution in [0.15, 0.2) is 16.9 Å². The minimum Gasteiger partial charge on any atom is -0.338 e. The van der Waals surface area contributed by atoms with Crippen LogP contribution in [0.1, 0.15) is 55.4 Å². The average molecular weight is 301 g/mol. The first-order chi connectivity index (χ1) is 10.7. The van der Waals surface area contributed by atoms with E-state index >= 15 is 0 Å². The molecular formula is C16H23N5O. The minimum absolute atomic E-state index is 0.221. The summed E-state index contributed by atoms with van der Waals surface area (Å²) in [5.74, 6) is 2.94. The van der Waals surface area contributed by atoms with Gasteiger partial charge in [-0.1, -0.05) is 5.16 Å². The van der Waals surface area contributed by atoms with Crippen LogP contribution in [0.25, 0.3) is 0 Å². The molecule has 2 aliphatic rings. The van der Waals surface area contributed by atoms with E-state index in [2.05, 4.69) is 33.3 Å². The van der Waals surface area contributed by atoms with E-state index in [0.29, 0.717) is 11.8 Å². The molecule has 0 radical (unpaired) electrons. The van der Waals surface area contributed by atoms with Crippen molar-refractivity contribution in [2.45, 2.75) is 44.6 Å². The summed E-state index contributed by atoms with van der Waals surface area (Å²) in [6.07, 6.45) is 8.85. The fraction of sp³-hybridized carbons (Fsp3) is 0.688. The molecule has 2 aromatic rings. The Labute approximate surface area is 130 Å². The molecule has 118 valence electrons. The van der Waals surface area contributed by atoms with E-state index in [1.807, 2.05) is 17.9 Å². The molecule has 6 heteroatoms. The Morgan fingerprint density at radius 3 is 2.95 bits per heavy atom. The predicted octanol–water partition coefficient (Wildman–Crippen LogP) is 2.31. The maximum Gasteiger partial charge on any atom is 0.243 e. The van der Waals surface area contributed by atoms with Crippen LogP contribution in [0.4, 0.5) is 0 Å². The number of nitrogens with zero attached hydrogens (tertiary/aromatic N) is 5. The van der Waals surface area contributed by atoms with Crippen LogP contribution in [-0.2, 0) is 13.5 Å². The van der Waals surface area contributed by atoms with Crippen LogP contribution in [0.3, 0.4) is 0 Å². The topological polar surface area (TPSA) is 60.0 Å². The molecule has 22 heavy (non-hydrogen) atoms. The number of hydrogen-bond acceptors (Lipinski definition) is 5. The van der Waals surface area contributed by atoms with Gasteiger partial charge in [-0.25, -0.2) is 0 Å². The molecule has 0 unspecified atom stereocenters. The largest absolute Gasteiger partial charge is 0.338 e. The molecule has 2 aromatic heterocycles. The van der Waals surface area contributed by atoms with Crippen molar-refractivity contribution in [3.05, 3.63) is 29.7 Å². The summed E-state index contributed by atoms with van der Waals surface area (Å²) in [7, 11) is 1.97. The van der Waals surface area contributed by atoms with Crippen LogP contribution in [0, 0.1) is 5.92 Å². The van der Waals surface area contributed by atoms with Gasteiger partial charge in [-0.2, -0.15) is 10.1 Å². The molecular weight excluding hydrogens is 278 g/mol. The molecule has 0 spiro atoms. The molecule has 1 saturated carbocycles. The van der Waals surface area contributed by atoms with E-state index in [-0.39, 0.29) is 6.04 Å². The van der Waals surface area contributed by atoms with Crippen molar-refractivity contribution >= 4 is 0 Å². The third-order valence-corrected chi connectivity index (χ3v) is 4.91. The van der Waals surface area contributed by atoms with Gasteiger partial charge in [0.2, 0.25) is 5.89 Å². The zero-order chi connectivity index (χ0) is 15.1. The maximum absolute atomic E-state index is 5.48. The highest BCUT2D eigenvalue weighted by atomic mass is 16.5. The predicted molar refractivity (Wildman–Crippen MR) is 81.3 cm³/mol. The first-order valence-electron chi connectivity index (χ1n) is 8.24. The van der Waals surface area contributed by atoms with Crippen molar-refractivity contribution in [3.8, 4) is 0 Å². The summed E-state index contributed by atoms with van der Waals surface area (Å²) in [6.45, 7) is 4.38. The molecule has 0 aromatic carbocycles. The fourth-order valence-electron chi connectivity index (χ4n) is 3.37. The van der Waals surface area contributed by atoms with E-state index in [1.54, 1.807) is 0 Å². The summed E-state index contributed by atoms with van der Waals surface area (Å²) in [4.78, 5) is 7.06. The van der Waals surface area contributed by atoms with E-state index in [4.69, 9.17) is 4.52 Å². The fourth-order valence-corrected chi connectivity index (χ4v) is 3.37. The van der Waals surface area contributed by atoms with Crippen molar-refractivity contribution < 1.29 is 4.52 Å². The lowest BCUT2D eigenvalue weighted by atomic mass is 10.0. The Hall–Kier alpha value is -1.69. The lowest BCUT2D eigenvalue weighted by molar-refractivity contribution is 0.202. The summed E-state index contributed by atoms with van der Waals surface area (Å²) in [6, 6.07) is 0.221. The Kier molecular flexibility index (Phi) is 3.48. The second-order valence-corrected chi connectivity index (χ2v) is 6.82. The zero-order valence-corrected chi connectivity index (χ0v) is 13.3. The minimum atomic E-state index is 0.221. The highest BCUT2D eigenvalue weighted by Crippen LogP contribution is 2.39. The van der Waals surface area contributed by atoms with Gasteiger partial charge >= 0.3 is 0 Å². The maximum atomic E-state index is 5.48. The summed E-state index contributed by atoms with van der Waals surface area (Å²) < 4.78 is 7.36. The van der Waals surface area contributed by atoms with E-state index in [9.17, 15) is 0 Å². The lowest BCUT2D eigenvalue weighted by Gasteiger charge is -2.20. The van der Waals surface area contributed by atoms with Gasteiger partial charge in [0.1, 0.15) is 0 Å². The third-order valence-electron chi connectivity index (χ3n) is 4.91. The normalized spacial score (nSPS) is 24.0.